The van der Waals surface area contributed by atoms with Crippen molar-refractivity contribution in [1.82, 2.24) is 4.98 Å². The third kappa shape index (κ3) is 3.39. The van der Waals surface area contributed by atoms with E-state index >= 15 is 0 Å². The summed E-state index contributed by atoms with van der Waals surface area (Å²) < 4.78 is 0. The summed E-state index contributed by atoms with van der Waals surface area (Å²) in [5.74, 6) is -0.960. The van der Waals surface area contributed by atoms with Gasteiger partial charge in [-0.15, -0.1) is 0 Å². The van der Waals surface area contributed by atoms with Crippen LogP contribution >= 0.6 is 0 Å². The fourth-order valence-corrected chi connectivity index (χ4v) is 2.45. The molecule has 0 unspecified atom stereocenters. The number of aromatic nitrogens is 1. The monoisotopic (exact) mass is 274 g/mol. The molecule has 0 aliphatic heterocycles. The lowest BCUT2D eigenvalue weighted by Gasteiger charge is -2.06. The average Bonchev–Trinajstić information content (AvgIpc) is 2.82. The Balaban J connectivity index is 2.19. The van der Waals surface area contributed by atoms with Gasteiger partial charge in [-0.25, -0.2) is 0 Å². The highest BCUT2D eigenvalue weighted by molar-refractivity contribution is 5.85. The molecule has 0 saturated heterocycles. The number of aryl methyl sites for hydroxylation is 1. The fraction of sp³-hybridized carbons (Fsp3) is 0.438. The summed E-state index contributed by atoms with van der Waals surface area (Å²) in [6, 6.07) is 5.51. The van der Waals surface area contributed by atoms with Crippen molar-refractivity contribution in [2.75, 3.05) is 0 Å². The van der Waals surface area contributed by atoms with Gasteiger partial charge in [-0.05, 0) is 36.1 Å². The van der Waals surface area contributed by atoms with Crippen molar-refractivity contribution in [2.45, 2.75) is 45.1 Å². The van der Waals surface area contributed by atoms with E-state index in [0.717, 1.165) is 22.9 Å². The second-order valence-electron chi connectivity index (χ2n) is 5.30. The first-order valence-corrected chi connectivity index (χ1v) is 7.19. The van der Waals surface area contributed by atoms with Gasteiger partial charge in [0.1, 0.15) is 6.04 Å². The quantitative estimate of drug-likeness (QED) is 0.679. The van der Waals surface area contributed by atoms with E-state index in [1.807, 2.05) is 6.20 Å². The largest absolute Gasteiger partial charge is 0.480 e. The van der Waals surface area contributed by atoms with Crippen molar-refractivity contribution in [3.8, 4) is 0 Å². The van der Waals surface area contributed by atoms with Crippen LogP contribution in [0.4, 0.5) is 0 Å². The first-order valence-electron chi connectivity index (χ1n) is 7.19. The Labute approximate surface area is 119 Å². The van der Waals surface area contributed by atoms with Crippen molar-refractivity contribution < 1.29 is 9.90 Å². The van der Waals surface area contributed by atoms with E-state index in [1.54, 1.807) is 0 Å². The maximum Gasteiger partial charge on any atom is 0.320 e. The molecule has 1 aromatic carbocycles. The third-order valence-electron chi connectivity index (χ3n) is 3.66. The zero-order valence-corrected chi connectivity index (χ0v) is 11.9. The topological polar surface area (TPSA) is 79.1 Å². The number of hydrogen-bond acceptors (Lipinski definition) is 2. The molecule has 4 N–H and O–H groups in total. The van der Waals surface area contributed by atoms with Crippen molar-refractivity contribution in [1.29, 1.82) is 0 Å². The number of nitrogens with one attached hydrogen (secondary N) is 1. The standard InChI is InChI=1S/C16H22N2O2/c1-2-3-4-5-11-6-7-15-13(8-11)12(10-18-15)9-14(17)16(19)20/h6-8,10,14,18H,2-5,9,17H2,1H3,(H,19,20)/t14-/m0/s1. The molecule has 108 valence electrons. The summed E-state index contributed by atoms with van der Waals surface area (Å²) in [7, 11) is 0. The Morgan fingerprint density at radius 1 is 1.40 bits per heavy atom. The van der Waals surface area contributed by atoms with Crippen molar-refractivity contribution in [3.05, 3.63) is 35.5 Å². The Morgan fingerprint density at radius 3 is 2.90 bits per heavy atom. The number of nitrogens with two attached hydrogens (primary N) is 1. The first kappa shape index (κ1) is 14.6. The lowest BCUT2D eigenvalue weighted by Crippen LogP contribution is -2.32. The molecule has 20 heavy (non-hydrogen) atoms. The van der Waals surface area contributed by atoms with Crippen LogP contribution in [0.5, 0.6) is 0 Å². The van der Waals surface area contributed by atoms with Gasteiger partial charge in [0.2, 0.25) is 0 Å². The number of carbonyl (C=O) groups is 1. The summed E-state index contributed by atoms with van der Waals surface area (Å²) in [5.41, 5.74) is 8.94. The van der Waals surface area contributed by atoms with Crippen LogP contribution in [0.2, 0.25) is 0 Å². The molecule has 2 aromatic rings. The summed E-state index contributed by atoms with van der Waals surface area (Å²) in [6.07, 6.45) is 6.93. The second kappa shape index (κ2) is 6.57. The van der Waals surface area contributed by atoms with Crippen LogP contribution in [0, 0.1) is 0 Å². The van der Waals surface area contributed by atoms with Crippen LogP contribution in [0.15, 0.2) is 24.4 Å². The Morgan fingerprint density at radius 2 is 2.20 bits per heavy atom. The normalized spacial score (nSPS) is 12.7. The SMILES string of the molecule is CCCCCc1ccc2[nH]cc(C[C@H](N)C(=O)O)c2c1. The van der Waals surface area contributed by atoms with Crippen LogP contribution in [0.3, 0.4) is 0 Å². The van der Waals surface area contributed by atoms with Crippen molar-refractivity contribution in [2.24, 2.45) is 5.73 Å². The highest BCUT2D eigenvalue weighted by Crippen LogP contribution is 2.22. The number of carboxylic acids is 1. The summed E-state index contributed by atoms with van der Waals surface area (Å²) in [4.78, 5) is 14.0. The summed E-state index contributed by atoms with van der Waals surface area (Å²) in [6.45, 7) is 2.20. The van der Waals surface area contributed by atoms with Gasteiger partial charge in [-0.2, -0.15) is 0 Å². The highest BCUT2D eigenvalue weighted by atomic mass is 16.4. The predicted octanol–water partition coefficient (Wildman–Crippen LogP) is 2.85. The van der Waals surface area contributed by atoms with Crippen LogP contribution in [-0.2, 0) is 17.6 Å². The maximum absolute atomic E-state index is 10.9. The van der Waals surface area contributed by atoms with Gasteiger partial charge in [0.05, 0.1) is 0 Å². The minimum Gasteiger partial charge on any atom is -0.480 e. The Kier molecular flexibility index (Phi) is 4.79. The molecule has 1 atom stereocenters. The smallest absolute Gasteiger partial charge is 0.320 e. The minimum absolute atomic E-state index is 0.355. The van der Waals surface area contributed by atoms with Crippen LogP contribution < -0.4 is 5.73 Å². The van der Waals surface area contributed by atoms with Gasteiger partial charge in [-0.3, -0.25) is 4.79 Å². The summed E-state index contributed by atoms with van der Waals surface area (Å²) in [5, 5.41) is 10.0. The highest BCUT2D eigenvalue weighted by Gasteiger charge is 2.14. The maximum atomic E-state index is 10.9. The Bertz CT molecular complexity index is 589. The number of hydrogen-bond donors (Lipinski definition) is 3. The lowest BCUT2D eigenvalue weighted by atomic mass is 10.0. The van der Waals surface area contributed by atoms with Gasteiger partial charge < -0.3 is 15.8 Å². The van der Waals surface area contributed by atoms with E-state index in [1.165, 1.54) is 24.8 Å². The number of aromatic amines is 1. The third-order valence-corrected chi connectivity index (χ3v) is 3.66. The molecule has 0 aliphatic rings. The van der Waals surface area contributed by atoms with Gasteiger partial charge in [0, 0.05) is 23.5 Å². The van der Waals surface area contributed by atoms with Gasteiger partial charge in [0.15, 0.2) is 0 Å². The molecule has 1 heterocycles. The first-order chi connectivity index (χ1) is 9.61. The molecule has 4 heteroatoms. The van der Waals surface area contributed by atoms with E-state index in [2.05, 4.69) is 30.1 Å². The summed E-state index contributed by atoms with van der Waals surface area (Å²) >= 11 is 0. The zero-order chi connectivity index (χ0) is 14.5. The number of benzene rings is 1. The molecule has 0 amide bonds. The van der Waals surface area contributed by atoms with E-state index in [9.17, 15) is 4.79 Å². The molecular formula is C16H22N2O2. The molecule has 0 spiro atoms. The van der Waals surface area contributed by atoms with Crippen LogP contribution in [0.25, 0.3) is 10.9 Å². The zero-order valence-electron chi connectivity index (χ0n) is 11.9. The van der Waals surface area contributed by atoms with E-state index in [4.69, 9.17) is 10.8 Å². The molecule has 2 rings (SSSR count). The number of unbranched alkanes of at least 4 members (excludes halogenated alkanes) is 2. The lowest BCUT2D eigenvalue weighted by molar-refractivity contribution is -0.138. The molecule has 0 fully saturated rings. The molecular weight excluding hydrogens is 252 g/mol. The fourth-order valence-electron chi connectivity index (χ4n) is 2.45. The molecule has 1 aromatic heterocycles. The molecule has 4 nitrogen and oxygen atoms in total. The molecule has 0 aliphatic carbocycles. The second-order valence-corrected chi connectivity index (χ2v) is 5.30. The van der Waals surface area contributed by atoms with Crippen molar-refractivity contribution in [3.63, 3.8) is 0 Å². The number of carboxylic acid groups (broad SMARTS) is 1. The number of H-pyrrole nitrogens is 1. The van der Waals surface area contributed by atoms with E-state index in [0.29, 0.717) is 6.42 Å². The van der Waals surface area contributed by atoms with Gasteiger partial charge in [-0.1, -0.05) is 25.8 Å². The average molecular weight is 274 g/mol. The van der Waals surface area contributed by atoms with Crippen LogP contribution in [0.1, 0.15) is 37.3 Å². The van der Waals surface area contributed by atoms with E-state index < -0.39 is 12.0 Å². The van der Waals surface area contributed by atoms with Gasteiger partial charge >= 0.3 is 5.97 Å². The van der Waals surface area contributed by atoms with E-state index in [-0.39, 0.29) is 0 Å². The number of aliphatic carboxylic acids is 1. The minimum atomic E-state index is -0.960. The van der Waals surface area contributed by atoms with Crippen LogP contribution in [-0.4, -0.2) is 22.1 Å². The Hall–Kier alpha value is -1.81. The predicted molar refractivity (Wildman–Crippen MR) is 80.8 cm³/mol. The molecule has 0 radical (unpaired) electrons. The number of rotatable bonds is 7. The molecule has 0 bridgehead atoms. The molecule has 0 saturated carbocycles. The van der Waals surface area contributed by atoms with Crippen molar-refractivity contribution >= 4 is 16.9 Å². The number of fused-ring (bicyclic) bond motifs is 1. The van der Waals surface area contributed by atoms with Gasteiger partial charge in [0.25, 0.3) is 0 Å².